The zero-order chi connectivity index (χ0) is 12.4. The molecule has 0 fully saturated rings. The van der Waals surface area contributed by atoms with Crippen molar-refractivity contribution in [1.82, 2.24) is 0 Å². The van der Waals surface area contributed by atoms with Gasteiger partial charge in [0.1, 0.15) is 0 Å². The van der Waals surface area contributed by atoms with Gasteiger partial charge in [-0.1, -0.05) is 31.5 Å². The maximum atomic E-state index is 9.88. The van der Waals surface area contributed by atoms with Crippen LogP contribution in [0.2, 0.25) is 0 Å². The van der Waals surface area contributed by atoms with Crippen molar-refractivity contribution in [2.24, 2.45) is 0 Å². The molecule has 0 spiro atoms. The fraction of sp³-hybridized carbons (Fsp3) is 0.333. The van der Waals surface area contributed by atoms with E-state index in [9.17, 15) is 10.2 Å². The monoisotopic (exact) mass is 230 g/mol. The Balaban J connectivity index is 2.70. The summed E-state index contributed by atoms with van der Waals surface area (Å²) in [4.78, 5) is 0. The summed E-state index contributed by atoms with van der Waals surface area (Å²) in [7, 11) is 0. The van der Waals surface area contributed by atoms with Gasteiger partial charge < -0.3 is 10.2 Å². The van der Waals surface area contributed by atoms with Crippen LogP contribution in [0, 0.1) is 6.92 Å². The number of hydrogen-bond donors (Lipinski definition) is 2. The minimum absolute atomic E-state index is 0.0102. The van der Waals surface area contributed by atoms with Gasteiger partial charge in [-0.3, -0.25) is 0 Å². The van der Waals surface area contributed by atoms with Crippen molar-refractivity contribution in [3.05, 3.63) is 35.4 Å². The molecule has 0 saturated carbocycles. The Bertz CT molecular complexity index is 544. The second kappa shape index (κ2) is 4.66. The molecule has 0 unspecified atom stereocenters. The first-order valence-electron chi connectivity index (χ1n) is 6.08. The summed E-state index contributed by atoms with van der Waals surface area (Å²) in [5, 5.41) is 21.4. The highest BCUT2D eigenvalue weighted by atomic mass is 16.3. The zero-order valence-corrected chi connectivity index (χ0v) is 10.3. The third-order valence-corrected chi connectivity index (χ3v) is 3.20. The number of hydrogen-bond acceptors (Lipinski definition) is 2. The molecular weight excluding hydrogens is 212 g/mol. The first kappa shape index (κ1) is 11.8. The number of rotatable bonds is 3. The maximum absolute atomic E-state index is 9.88. The Kier molecular flexibility index (Phi) is 3.23. The smallest absolute Gasteiger partial charge is 0.165 e. The Labute approximate surface area is 102 Å². The molecule has 0 amide bonds. The summed E-state index contributed by atoms with van der Waals surface area (Å²) < 4.78 is 0. The van der Waals surface area contributed by atoms with Crippen molar-refractivity contribution in [2.45, 2.75) is 33.1 Å². The molecule has 2 rings (SSSR count). The van der Waals surface area contributed by atoms with Gasteiger partial charge in [0.2, 0.25) is 0 Å². The molecule has 0 aromatic heterocycles. The molecule has 0 aliphatic rings. The lowest BCUT2D eigenvalue weighted by Crippen LogP contribution is -1.90. The van der Waals surface area contributed by atoms with Crippen molar-refractivity contribution in [1.29, 1.82) is 0 Å². The van der Waals surface area contributed by atoms with Crippen molar-refractivity contribution >= 4 is 10.8 Å². The van der Waals surface area contributed by atoms with E-state index < -0.39 is 0 Å². The van der Waals surface area contributed by atoms with Crippen LogP contribution < -0.4 is 0 Å². The Morgan fingerprint density at radius 1 is 1.18 bits per heavy atom. The average molecular weight is 230 g/mol. The van der Waals surface area contributed by atoms with Gasteiger partial charge in [-0.05, 0) is 42.3 Å². The van der Waals surface area contributed by atoms with E-state index in [0.717, 1.165) is 41.2 Å². The number of aryl methyl sites for hydroxylation is 2. The minimum Gasteiger partial charge on any atom is -0.504 e. The van der Waals surface area contributed by atoms with Gasteiger partial charge in [0.05, 0.1) is 0 Å². The van der Waals surface area contributed by atoms with E-state index in [1.807, 2.05) is 25.1 Å². The van der Waals surface area contributed by atoms with Crippen LogP contribution in [0.4, 0.5) is 0 Å². The molecule has 2 aromatic carbocycles. The van der Waals surface area contributed by atoms with Gasteiger partial charge in [-0.2, -0.15) is 0 Å². The van der Waals surface area contributed by atoms with Gasteiger partial charge in [-0.25, -0.2) is 0 Å². The van der Waals surface area contributed by atoms with Crippen LogP contribution in [0.3, 0.4) is 0 Å². The standard InChI is InChI=1S/C15H18O2/c1-3-4-7-11-9-13(16)15(17)12-8-5-6-10(2)14(11)12/h5-6,8-9,16-17H,3-4,7H2,1-2H3. The molecule has 2 N–H and O–H groups in total. The van der Waals surface area contributed by atoms with Gasteiger partial charge in [0.15, 0.2) is 11.5 Å². The lowest BCUT2D eigenvalue weighted by atomic mass is 9.95. The second-order valence-corrected chi connectivity index (χ2v) is 4.50. The van der Waals surface area contributed by atoms with Crippen molar-refractivity contribution in [3.8, 4) is 11.5 Å². The van der Waals surface area contributed by atoms with E-state index in [1.165, 1.54) is 0 Å². The molecule has 0 atom stereocenters. The molecule has 2 nitrogen and oxygen atoms in total. The summed E-state index contributed by atoms with van der Waals surface area (Å²) in [6.07, 6.45) is 3.15. The van der Waals surface area contributed by atoms with Crippen molar-refractivity contribution in [2.75, 3.05) is 0 Å². The lowest BCUT2D eigenvalue weighted by molar-refractivity contribution is 0.407. The molecule has 17 heavy (non-hydrogen) atoms. The van der Waals surface area contributed by atoms with Gasteiger partial charge in [0.25, 0.3) is 0 Å². The highest BCUT2D eigenvalue weighted by Gasteiger charge is 2.11. The van der Waals surface area contributed by atoms with E-state index >= 15 is 0 Å². The molecule has 90 valence electrons. The summed E-state index contributed by atoms with van der Waals surface area (Å²) >= 11 is 0. The number of fused-ring (bicyclic) bond motifs is 1. The molecule has 0 saturated heterocycles. The largest absolute Gasteiger partial charge is 0.504 e. The molecule has 2 heteroatoms. The molecule has 0 aliphatic carbocycles. The summed E-state index contributed by atoms with van der Waals surface area (Å²) in [6, 6.07) is 7.49. The summed E-state index contributed by atoms with van der Waals surface area (Å²) in [5.41, 5.74) is 2.26. The number of unbranched alkanes of at least 4 members (excludes halogenated alkanes) is 1. The molecular formula is C15H18O2. The Morgan fingerprint density at radius 3 is 2.65 bits per heavy atom. The SMILES string of the molecule is CCCCc1cc(O)c(O)c2cccc(C)c12. The van der Waals surface area contributed by atoms with E-state index in [4.69, 9.17) is 0 Å². The average Bonchev–Trinajstić information content (AvgIpc) is 2.32. The van der Waals surface area contributed by atoms with Gasteiger partial charge in [0, 0.05) is 5.39 Å². The number of phenolic OH excluding ortho intramolecular Hbond substituents is 2. The number of benzene rings is 2. The maximum Gasteiger partial charge on any atom is 0.165 e. The van der Waals surface area contributed by atoms with E-state index in [-0.39, 0.29) is 11.5 Å². The predicted molar refractivity (Wildman–Crippen MR) is 70.6 cm³/mol. The predicted octanol–water partition coefficient (Wildman–Crippen LogP) is 3.90. The van der Waals surface area contributed by atoms with Crippen LogP contribution in [0.25, 0.3) is 10.8 Å². The van der Waals surface area contributed by atoms with Crippen LogP contribution in [-0.2, 0) is 6.42 Å². The van der Waals surface area contributed by atoms with Gasteiger partial charge >= 0.3 is 0 Å². The number of aromatic hydroxyl groups is 2. The van der Waals surface area contributed by atoms with Crippen LogP contribution in [0.15, 0.2) is 24.3 Å². The third-order valence-electron chi connectivity index (χ3n) is 3.20. The molecule has 0 bridgehead atoms. The molecule has 2 aromatic rings. The van der Waals surface area contributed by atoms with E-state index in [0.29, 0.717) is 0 Å². The van der Waals surface area contributed by atoms with E-state index in [1.54, 1.807) is 6.07 Å². The van der Waals surface area contributed by atoms with Crippen LogP contribution in [0.1, 0.15) is 30.9 Å². The van der Waals surface area contributed by atoms with Crippen molar-refractivity contribution < 1.29 is 10.2 Å². The quantitative estimate of drug-likeness (QED) is 0.785. The summed E-state index contributed by atoms with van der Waals surface area (Å²) in [5.74, 6) is -0.0295. The Hall–Kier alpha value is -1.70. The normalized spacial score (nSPS) is 10.9. The molecule has 0 radical (unpaired) electrons. The fourth-order valence-corrected chi connectivity index (χ4v) is 2.30. The van der Waals surface area contributed by atoms with Crippen LogP contribution in [0.5, 0.6) is 11.5 Å². The summed E-state index contributed by atoms with van der Waals surface area (Å²) in [6.45, 7) is 4.18. The zero-order valence-electron chi connectivity index (χ0n) is 10.3. The topological polar surface area (TPSA) is 40.5 Å². The third kappa shape index (κ3) is 2.07. The number of phenols is 2. The van der Waals surface area contributed by atoms with Gasteiger partial charge in [-0.15, -0.1) is 0 Å². The lowest BCUT2D eigenvalue weighted by Gasteiger charge is -2.12. The first-order valence-corrected chi connectivity index (χ1v) is 6.08. The first-order chi connectivity index (χ1) is 8.15. The van der Waals surface area contributed by atoms with Crippen molar-refractivity contribution in [3.63, 3.8) is 0 Å². The molecule has 0 aliphatic heterocycles. The van der Waals surface area contributed by atoms with Crippen LogP contribution in [-0.4, -0.2) is 10.2 Å². The highest BCUT2D eigenvalue weighted by Crippen LogP contribution is 2.38. The second-order valence-electron chi connectivity index (χ2n) is 4.50. The minimum atomic E-state index is -0.0193. The Morgan fingerprint density at radius 2 is 1.94 bits per heavy atom. The van der Waals surface area contributed by atoms with Crippen LogP contribution >= 0.6 is 0 Å². The highest BCUT2D eigenvalue weighted by molar-refractivity contribution is 5.95. The van der Waals surface area contributed by atoms with E-state index in [2.05, 4.69) is 6.92 Å². The fourth-order valence-electron chi connectivity index (χ4n) is 2.30. The molecule has 0 heterocycles.